The van der Waals surface area contributed by atoms with Gasteiger partial charge >= 0.3 is 0 Å². The summed E-state index contributed by atoms with van der Waals surface area (Å²) in [6.07, 6.45) is 6.29. The van der Waals surface area contributed by atoms with Crippen molar-refractivity contribution in [3.63, 3.8) is 0 Å². The molecule has 0 saturated heterocycles. The lowest BCUT2D eigenvalue weighted by Crippen LogP contribution is -2.31. The van der Waals surface area contributed by atoms with Crippen LogP contribution in [0.25, 0.3) is 0 Å². The first-order valence-electron chi connectivity index (χ1n) is 4.90. The third kappa shape index (κ3) is 2.30. The second-order valence-electron chi connectivity index (χ2n) is 3.97. The van der Waals surface area contributed by atoms with E-state index < -0.39 is 0 Å². The van der Waals surface area contributed by atoms with Gasteiger partial charge in [-0.15, -0.1) is 0 Å². The van der Waals surface area contributed by atoms with Crippen LogP contribution in [0, 0.1) is 5.41 Å². The molecule has 80 valence electrons. The summed E-state index contributed by atoms with van der Waals surface area (Å²) < 4.78 is 0. The number of rotatable bonds is 4. The molecule has 1 amide bonds. The first kappa shape index (κ1) is 10.0. The zero-order valence-corrected chi connectivity index (χ0v) is 8.31. The van der Waals surface area contributed by atoms with Crippen molar-refractivity contribution in [2.24, 2.45) is 5.41 Å². The van der Waals surface area contributed by atoms with Crippen LogP contribution in [0.3, 0.4) is 0 Å². The Balaban J connectivity index is 1.88. The highest BCUT2D eigenvalue weighted by molar-refractivity contribution is 5.93. The Labute approximate surface area is 87.6 Å². The highest BCUT2D eigenvalue weighted by Gasteiger charge is 2.42. The van der Waals surface area contributed by atoms with Crippen LogP contribution in [-0.4, -0.2) is 34.1 Å². The fourth-order valence-corrected chi connectivity index (χ4v) is 1.35. The molecule has 1 aliphatic carbocycles. The molecule has 5 heteroatoms. The summed E-state index contributed by atoms with van der Waals surface area (Å²) in [6, 6.07) is 0. The molecule has 5 nitrogen and oxygen atoms in total. The predicted octanol–water partition coefficient (Wildman–Crippen LogP) is -0.0211. The molecule has 1 saturated carbocycles. The highest BCUT2D eigenvalue weighted by atomic mass is 16.3. The lowest BCUT2D eigenvalue weighted by atomic mass is 10.1. The fraction of sp³-hybridized carbons (Fsp3) is 0.500. The predicted molar refractivity (Wildman–Crippen MR) is 53.1 cm³/mol. The molecule has 15 heavy (non-hydrogen) atoms. The smallest absolute Gasteiger partial charge is 0.254 e. The Morgan fingerprint density at radius 1 is 1.47 bits per heavy atom. The van der Waals surface area contributed by atoms with Gasteiger partial charge in [-0.25, -0.2) is 9.97 Å². The molecule has 1 aromatic heterocycles. The van der Waals surface area contributed by atoms with Gasteiger partial charge < -0.3 is 10.4 Å². The third-order valence-corrected chi connectivity index (χ3v) is 2.74. The summed E-state index contributed by atoms with van der Waals surface area (Å²) in [5.74, 6) is -0.185. The van der Waals surface area contributed by atoms with Crippen LogP contribution in [0.15, 0.2) is 18.7 Å². The van der Waals surface area contributed by atoms with Crippen LogP contribution in [0.1, 0.15) is 23.2 Å². The van der Waals surface area contributed by atoms with Crippen LogP contribution in [-0.2, 0) is 0 Å². The van der Waals surface area contributed by atoms with E-state index in [1.165, 1.54) is 18.7 Å². The molecule has 2 N–H and O–H groups in total. The second kappa shape index (κ2) is 3.94. The summed E-state index contributed by atoms with van der Waals surface area (Å²) in [5, 5.41) is 11.8. The molecule has 0 radical (unpaired) electrons. The van der Waals surface area contributed by atoms with Crippen molar-refractivity contribution in [2.45, 2.75) is 12.8 Å². The summed E-state index contributed by atoms with van der Waals surface area (Å²) in [5.41, 5.74) is 0.386. The lowest BCUT2D eigenvalue weighted by molar-refractivity contribution is 0.0934. The molecule has 0 aliphatic heterocycles. The van der Waals surface area contributed by atoms with Crippen LogP contribution < -0.4 is 5.32 Å². The van der Waals surface area contributed by atoms with E-state index in [0.717, 1.165) is 12.8 Å². The minimum atomic E-state index is -0.185. The SMILES string of the molecule is O=C(NCC1(CO)CC1)c1cncnc1. The van der Waals surface area contributed by atoms with Gasteiger partial charge in [-0.3, -0.25) is 4.79 Å². The van der Waals surface area contributed by atoms with Crippen molar-refractivity contribution >= 4 is 5.91 Å². The Bertz CT molecular complexity index is 349. The number of hydrogen-bond acceptors (Lipinski definition) is 4. The van der Waals surface area contributed by atoms with E-state index in [1.54, 1.807) is 0 Å². The molecule has 1 fully saturated rings. The summed E-state index contributed by atoms with van der Waals surface area (Å²) in [4.78, 5) is 19.1. The van der Waals surface area contributed by atoms with Gasteiger partial charge in [-0.1, -0.05) is 0 Å². The monoisotopic (exact) mass is 207 g/mol. The topological polar surface area (TPSA) is 75.1 Å². The number of aromatic nitrogens is 2. The first-order valence-corrected chi connectivity index (χ1v) is 4.90. The van der Waals surface area contributed by atoms with E-state index in [9.17, 15) is 4.79 Å². The van der Waals surface area contributed by atoms with Crippen molar-refractivity contribution < 1.29 is 9.90 Å². The van der Waals surface area contributed by atoms with Crippen LogP contribution in [0.5, 0.6) is 0 Å². The van der Waals surface area contributed by atoms with E-state index in [2.05, 4.69) is 15.3 Å². The van der Waals surface area contributed by atoms with Gasteiger partial charge in [0.05, 0.1) is 12.2 Å². The largest absolute Gasteiger partial charge is 0.396 e. The molecule has 0 unspecified atom stereocenters. The molecule has 0 spiro atoms. The van der Waals surface area contributed by atoms with Gasteiger partial charge in [0.1, 0.15) is 6.33 Å². The minimum absolute atomic E-state index is 0.0642. The normalized spacial score (nSPS) is 17.1. The maximum Gasteiger partial charge on any atom is 0.254 e. The van der Waals surface area contributed by atoms with Crippen molar-refractivity contribution in [1.82, 2.24) is 15.3 Å². The molecule has 0 aromatic carbocycles. The Kier molecular flexibility index (Phi) is 2.64. The Morgan fingerprint density at radius 3 is 2.67 bits per heavy atom. The number of aliphatic hydroxyl groups is 1. The quantitative estimate of drug-likeness (QED) is 0.727. The standard InChI is InChI=1S/C10H13N3O2/c14-6-10(1-2-10)5-13-9(15)8-3-11-7-12-4-8/h3-4,7,14H,1-2,5-6H2,(H,13,15). The molecule has 0 atom stereocenters. The van der Waals surface area contributed by atoms with Gasteiger partial charge in [-0.2, -0.15) is 0 Å². The van der Waals surface area contributed by atoms with Gasteiger partial charge in [0.15, 0.2) is 0 Å². The van der Waals surface area contributed by atoms with Crippen LogP contribution >= 0.6 is 0 Å². The number of aliphatic hydroxyl groups excluding tert-OH is 1. The van der Waals surface area contributed by atoms with Crippen molar-refractivity contribution in [3.8, 4) is 0 Å². The van der Waals surface area contributed by atoms with Crippen molar-refractivity contribution in [2.75, 3.05) is 13.2 Å². The van der Waals surface area contributed by atoms with Gasteiger partial charge in [-0.05, 0) is 12.8 Å². The van der Waals surface area contributed by atoms with Crippen molar-refractivity contribution in [1.29, 1.82) is 0 Å². The van der Waals surface area contributed by atoms with E-state index in [0.29, 0.717) is 12.1 Å². The zero-order valence-electron chi connectivity index (χ0n) is 8.31. The van der Waals surface area contributed by atoms with Gasteiger partial charge in [0, 0.05) is 24.4 Å². The van der Waals surface area contributed by atoms with E-state index >= 15 is 0 Å². The van der Waals surface area contributed by atoms with Gasteiger partial charge in [0.2, 0.25) is 0 Å². The average molecular weight is 207 g/mol. The van der Waals surface area contributed by atoms with Gasteiger partial charge in [0.25, 0.3) is 5.91 Å². The number of nitrogens with zero attached hydrogens (tertiary/aromatic N) is 2. The molecular formula is C10H13N3O2. The maximum atomic E-state index is 11.6. The van der Waals surface area contributed by atoms with E-state index in [-0.39, 0.29) is 17.9 Å². The first-order chi connectivity index (χ1) is 7.26. The fourth-order valence-electron chi connectivity index (χ4n) is 1.35. The average Bonchev–Trinajstić information content (AvgIpc) is 3.08. The van der Waals surface area contributed by atoms with Crippen LogP contribution in [0.2, 0.25) is 0 Å². The number of carbonyl (C=O) groups excluding carboxylic acids is 1. The maximum absolute atomic E-state index is 11.6. The lowest BCUT2D eigenvalue weighted by Gasteiger charge is -2.12. The molecule has 0 bridgehead atoms. The molecule has 1 aromatic rings. The number of carbonyl (C=O) groups is 1. The second-order valence-corrected chi connectivity index (χ2v) is 3.97. The molecule has 1 heterocycles. The summed E-state index contributed by atoms with van der Waals surface area (Å²) in [6.45, 7) is 0.662. The molecule has 2 rings (SSSR count). The van der Waals surface area contributed by atoms with E-state index in [4.69, 9.17) is 5.11 Å². The summed E-state index contributed by atoms with van der Waals surface area (Å²) >= 11 is 0. The highest BCUT2D eigenvalue weighted by Crippen LogP contribution is 2.44. The number of hydrogen-bond donors (Lipinski definition) is 2. The van der Waals surface area contributed by atoms with Crippen molar-refractivity contribution in [3.05, 3.63) is 24.3 Å². The Morgan fingerprint density at radius 2 is 2.13 bits per heavy atom. The molecular weight excluding hydrogens is 194 g/mol. The molecule has 1 aliphatic rings. The number of amides is 1. The third-order valence-electron chi connectivity index (χ3n) is 2.74. The van der Waals surface area contributed by atoms with Crippen LogP contribution in [0.4, 0.5) is 0 Å². The number of nitrogens with one attached hydrogen (secondary N) is 1. The Hall–Kier alpha value is -1.49. The minimum Gasteiger partial charge on any atom is -0.396 e. The summed E-state index contributed by atoms with van der Waals surface area (Å²) in [7, 11) is 0. The van der Waals surface area contributed by atoms with E-state index in [1.807, 2.05) is 0 Å². The zero-order chi connectivity index (χ0) is 10.7.